The van der Waals surface area contributed by atoms with E-state index in [2.05, 4.69) is 0 Å². The van der Waals surface area contributed by atoms with Crippen molar-refractivity contribution < 1.29 is 14.0 Å². The number of urea groups is 1. The molecule has 0 unspecified atom stereocenters. The molecule has 94 valence electrons. The zero-order valence-corrected chi connectivity index (χ0v) is 9.80. The van der Waals surface area contributed by atoms with E-state index >= 15 is 0 Å². The molecule has 4 nitrogen and oxygen atoms in total. The predicted octanol–water partition coefficient (Wildman–Crippen LogP) is 1.75. The number of halogens is 1. The fourth-order valence-electron chi connectivity index (χ4n) is 2.18. The summed E-state index contributed by atoms with van der Waals surface area (Å²) in [6.45, 7) is 0.158. The van der Waals surface area contributed by atoms with Crippen LogP contribution < -0.4 is 0 Å². The molecule has 1 aromatic carbocycles. The van der Waals surface area contributed by atoms with Crippen molar-refractivity contribution >= 4 is 11.9 Å². The molecular formula is C13H13FN2O2. The maximum Gasteiger partial charge on any atom is 0.327 e. The first-order chi connectivity index (χ1) is 8.66. The van der Waals surface area contributed by atoms with Crippen molar-refractivity contribution in [3.8, 4) is 0 Å². The molecule has 2 aliphatic rings. The van der Waals surface area contributed by atoms with Crippen molar-refractivity contribution in [3.05, 3.63) is 35.6 Å². The molecular weight excluding hydrogens is 235 g/mol. The molecule has 18 heavy (non-hydrogen) atoms. The van der Waals surface area contributed by atoms with Gasteiger partial charge in [-0.25, -0.2) is 9.18 Å². The summed E-state index contributed by atoms with van der Waals surface area (Å²) in [5.41, 5.74) is 0.372. The lowest BCUT2D eigenvalue weighted by Crippen LogP contribution is -2.33. The van der Waals surface area contributed by atoms with Crippen molar-refractivity contribution in [2.24, 2.45) is 0 Å². The highest BCUT2D eigenvalue weighted by Gasteiger charge is 2.43. The first kappa shape index (κ1) is 11.2. The Morgan fingerprint density at radius 1 is 1.22 bits per heavy atom. The molecule has 1 aliphatic heterocycles. The minimum atomic E-state index is -0.386. The summed E-state index contributed by atoms with van der Waals surface area (Å²) in [7, 11) is 0. The number of carbonyl (C=O) groups is 2. The van der Waals surface area contributed by atoms with Gasteiger partial charge in [0.25, 0.3) is 5.91 Å². The van der Waals surface area contributed by atoms with E-state index in [4.69, 9.17) is 0 Å². The van der Waals surface area contributed by atoms with Crippen LogP contribution >= 0.6 is 0 Å². The molecule has 1 saturated heterocycles. The molecule has 1 heterocycles. The third-order valence-electron chi connectivity index (χ3n) is 3.36. The van der Waals surface area contributed by atoms with Gasteiger partial charge in [0.05, 0.1) is 6.54 Å². The summed E-state index contributed by atoms with van der Waals surface area (Å²) in [5, 5.41) is 0. The van der Waals surface area contributed by atoms with Gasteiger partial charge in [0.15, 0.2) is 0 Å². The molecule has 0 aromatic heterocycles. The van der Waals surface area contributed by atoms with Crippen LogP contribution in [0.2, 0.25) is 0 Å². The van der Waals surface area contributed by atoms with Crippen molar-refractivity contribution in [2.45, 2.75) is 25.4 Å². The largest absolute Gasteiger partial charge is 0.327 e. The molecule has 3 rings (SSSR count). The van der Waals surface area contributed by atoms with E-state index in [1.165, 1.54) is 6.07 Å². The minimum absolute atomic E-state index is 0.0214. The van der Waals surface area contributed by atoms with E-state index in [0.717, 1.165) is 17.7 Å². The van der Waals surface area contributed by atoms with E-state index < -0.39 is 0 Å². The second kappa shape index (κ2) is 4.08. The van der Waals surface area contributed by atoms with Crippen LogP contribution in [0.25, 0.3) is 0 Å². The maximum atomic E-state index is 13.5. The van der Waals surface area contributed by atoms with Gasteiger partial charge >= 0.3 is 6.03 Å². The zero-order valence-electron chi connectivity index (χ0n) is 9.80. The predicted molar refractivity (Wildman–Crippen MR) is 62.1 cm³/mol. The van der Waals surface area contributed by atoms with Crippen LogP contribution in [0.3, 0.4) is 0 Å². The number of benzene rings is 1. The minimum Gasteiger partial charge on any atom is -0.312 e. The Bertz CT molecular complexity index is 513. The summed E-state index contributed by atoms with van der Waals surface area (Å²) in [4.78, 5) is 26.5. The summed E-state index contributed by atoms with van der Waals surface area (Å²) in [6.07, 6.45) is 1.93. The zero-order chi connectivity index (χ0) is 12.7. The van der Waals surface area contributed by atoms with Gasteiger partial charge in [-0.05, 0) is 18.9 Å². The van der Waals surface area contributed by atoms with Crippen molar-refractivity contribution in [2.75, 3.05) is 6.54 Å². The molecule has 0 spiro atoms. The Morgan fingerprint density at radius 3 is 2.61 bits per heavy atom. The normalized spacial score (nSPS) is 19.8. The molecule has 5 heteroatoms. The fraction of sp³-hybridized carbons (Fsp3) is 0.385. The molecule has 0 radical (unpaired) electrons. The molecule has 3 amide bonds. The number of rotatable bonds is 3. The molecule has 1 aliphatic carbocycles. The van der Waals surface area contributed by atoms with Crippen LogP contribution in [-0.4, -0.2) is 34.3 Å². The quantitative estimate of drug-likeness (QED) is 0.765. The smallest absolute Gasteiger partial charge is 0.312 e. The number of amides is 3. The fourth-order valence-corrected chi connectivity index (χ4v) is 2.18. The Morgan fingerprint density at radius 2 is 1.94 bits per heavy atom. The van der Waals surface area contributed by atoms with Crippen LogP contribution in [0.1, 0.15) is 18.4 Å². The van der Waals surface area contributed by atoms with Gasteiger partial charge in [-0.15, -0.1) is 0 Å². The lowest BCUT2D eigenvalue weighted by atomic mass is 10.2. The topological polar surface area (TPSA) is 40.6 Å². The van der Waals surface area contributed by atoms with Gasteiger partial charge in [0.1, 0.15) is 12.4 Å². The molecule has 0 N–H and O–H groups in total. The monoisotopic (exact) mass is 248 g/mol. The number of nitrogens with zero attached hydrogens (tertiary/aromatic N) is 2. The molecule has 2 fully saturated rings. The highest BCUT2D eigenvalue weighted by atomic mass is 19.1. The number of hydrogen-bond acceptors (Lipinski definition) is 2. The Balaban J connectivity index is 1.78. The summed E-state index contributed by atoms with van der Waals surface area (Å²) in [6, 6.07) is 6.14. The van der Waals surface area contributed by atoms with Crippen LogP contribution in [0.4, 0.5) is 9.18 Å². The van der Waals surface area contributed by atoms with E-state index in [1.54, 1.807) is 23.1 Å². The first-order valence-corrected chi connectivity index (χ1v) is 6.01. The maximum absolute atomic E-state index is 13.5. The van der Waals surface area contributed by atoms with Gasteiger partial charge in [0.2, 0.25) is 0 Å². The van der Waals surface area contributed by atoms with Crippen molar-refractivity contribution in [3.63, 3.8) is 0 Å². The van der Waals surface area contributed by atoms with Gasteiger partial charge in [0, 0.05) is 11.6 Å². The first-order valence-electron chi connectivity index (χ1n) is 6.01. The average molecular weight is 248 g/mol. The summed E-state index contributed by atoms with van der Waals surface area (Å²) >= 11 is 0. The van der Waals surface area contributed by atoms with Gasteiger partial charge in [-0.2, -0.15) is 0 Å². The summed E-state index contributed by atoms with van der Waals surface area (Å²) in [5.74, 6) is -0.627. The van der Waals surface area contributed by atoms with Crippen molar-refractivity contribution in [1.29, 1.82) is 0 Å². The lowest BCUT2D eigenvalue weighted by Gasteiger charge is -2.16. The Kier molecular flexibility index (Phi) is 2.54. The van der Waals surface area contributed by atoms with Crippen molar-refractivity contribution in [1.82, 2.24) is 9.80 Å². The van der Waals surface area contributed by atoms with E-state index in [0.29, 0.717) is 5.56 Å². The molecule has 1 aromatic rings. The molecule has 0 atom stereocenters. The van der Waals surface area contributed by atoms with E-state index in [1.807, 2.05) is 0 Å². The lowest BCUT2D eigenvalue weighted by molar-refractivity contribution is -0.125. The van der Waals surface area contributed by atoms with Crippen LogP contribution in [0, 0.1) is 5.82 Å². The second-order valence-electron chi connectivity index (χ2n) is 4.71. The van der Waals surface area contributed by atoms with E-state index in [-0.39, 0.29) is 36.9 Å². The highest BCUT2D eigenvalue weighted by Crippen LogP contribution is 2.30. The van der Waals surface area contributed by atoms with Gasteiger partial charge < -0.3 is 4.90 Å². The SMILES string of the molecule is O=C1CN(C2CC2)C(=O)N1Cc1ccccc1F. The molecule has 1 saturated carbocycles. The standard InChI is InChI=1S/C13H13FN2O2/c14-11-4-2-1-3-9(11)7-16-12(17)8-15(13(16)18)10-5-6-10/h1-4,10H,5-8H2. The Labute approximate surface area is 104 Å². The second-order valence-corrected chi connectivity index (χ2v) is 4.71. The van der Waals surface area contributed by atoms with Crippen LogP contribution in [-0.2, 0) is 11.3 Å². The third-order valence-corrected chi connectivity index (χ3v) is 3.36. The third kappa shape index (κ3) is 1.85. The van der Waals surface area contributed by atoms with Crippen LogP contribution in [0.15, 0.2) is 24.3 Å². The number of hydrogen-bond donors (Lipinski definition) is 0. The average Bonchev–Trinajstić information content (AvgIpc) is 3.14. The highest BCUT2D eigenvalue weighted by molar-refractivity contribution is 6.02. The van der Waals surface area contributed by atoms with E-state index in [9.17, 15) is 14.0 Å². The molecule has 0 bridgehead atoms. The van der Waals surface area contributed by atoms with Gasteiger partial charge in [-0.3, -0.25) is 9.69 Å². The number of carbonyl (C=O) groups excluding carboxylic acids is 2. The Hall–Kier alpha value is -1.91. The van der Waals surface area contributed by atoms with Crippen LogP contribution in [0.5, 0.6) is 0 Å². The van der Waals surface area contributed by atoms with Gasteiger partial charge in [-0.1, -0.05) is 18.2 Å². The summed E-state index contributed by atoms with van der Waals surface area (Å²) < 4.78 is 13.5. The number of imide groups is 1.